The number of furan rings is 1. The number of allylic oxidation sites excluding steroid dienone is 1. The molecule has 1 aliphatic rings. The lowest BCUT2D eigenvalue weighted by molar-refractivity contribution is 0.556. The third-order valence-electron chi connectivity index (χ3n) is 7.60. The van der Waals surface area contributed by atoms with Gasteiger partial charge in [-0.25, -0.2) is 9.99 Å². The number of nitrogens with zero attached hydrogens (tertiary/aromatic N) is 4. The fourth-order valence-electron chi connectivity index (χ4n) is 5.45. The van der Waals surface area contributed by atoms with E-state index in [9.17, 15) is 0 Å². The van der Waals surface area contributed by atoms with Crippen LogP contribution in [0.15, 0.2) is 124 Å². The predicted octanol–water partition coefficient (Wildman–Crippen LogP) is 8.31. The highest BCUT2D eigenvalue weighted by Crippen LogP contribution is 2.38. The van der Waals surface area contributed by atoms with Crippen molar-refractivity contribution in [3.8, 4) is 0 Å². The molecule has 3 heterocycles. The van der Waals surface area contributed by atoms with Crippen LogP contribution in [0.4, 0.5) is 11.5 Å². The third-order valence-corrected chi connectivity index (χ3v) is 7.60. The second kappa shape index (κ2) is 11.6. The van der Waals surface area contributed by atoms with Gasteiger partial charge in [0.05, 0.1) is 23.5 Å². The van der Waals surface area contributed by atoms with Gasteiger partial charge in [0, 0.05) is 30.6 Å². The molecule has 3 aromatic carbocycles. The van der Waals surface area contributed by atoms with Gasteiger partial charge in [-0.2, -0.15) is 5.10 Å². The van der Waals surface area contributed by atoms with Crippen molar-refractivity contribution in [2.45, 2.75) is 32.7 Å². The van der Waals surface area contributed by atoms with Crippen LogP contribution in [0.3, 0.4) is 0 Å². The predicted molar refractivity (Wildman–Crippen MR) is 166 cm³/mol. The normalized spacial score (nSPS) is 15.4. The summed E-state index contributed by atoms with van der Waals surface area (Å²) in [6.45, 7) is 6.36. The van der Waals surface area contributed by atoms with Crippen LogP contribution in [0.25, 0.3) is 17.0 Å². The van der Waals surface area contributed by atoms with Gasteiger partial charge in [0.15, 0.2) is 0 Å². The number of fused-ring (bicyclic) bond motifs is 1. The number of aromatic nitrogens is 1. The highest BCUT2D eigenvalue weighted by Gasteiger charge is 2.32. The quantitative estimate of drug-likeness (QED) is 0.194. The molecule has 1 unspecified atom stereocenters. The van der Waals surface area contributed by atoms with Gasteiger partial charge in [-0.1, -0.05) is 60.7 Å². The van der Waals surface area contributed by atoms with Crippen molar-refractivity contribution >= 4 is 34.2 Å². The maximum absolute atomic E-state index is 5.73. The summed E-state index contributed by atoms with van der Waals surface area (Å²) in [5.41, 5.74) is 6.87. The van der Waals surface area contributed by atoms with Gasteiger partial charge < -0.3 is 9.32 Å². The molecular weight excluding hydrogens is 492 g/mol. The van der Waals surface area contributed by atoms with Crippen molar-refractivity contribution in [3.05, 3.63) is 132 Å². The van der Waals surface area contributed by atoms with E-state index in [4.69, 9.17) is 14.5 Å². The maximum Gasteiger partial charge on any atom is 0.150 e. The van der Waals surface area contributed by atoms with Crippen molar-refractivity contribution < 1.29 is 4.42 Å². The Balaban J connectivity index is 1.41. The van der Waals surface area contributed by atoms with Crippen molar-refractivity contribution in [2.75, 3.05) is 23.0 Å². The van der Waals surface area contributed by atoms with E-state index < -0.39 is 0 Å². The smallest absolute Gasteiger partial charge is 0.150 e. The standard InChI is InChI=1S/C35H34N4O/c1-3-38(4-2)30-19-16-28(17-20-30)34-25-33(37-39(34)35-21-18-27-13-8-9-15-32(27)36-35)29(24-31-14-10-22-40-31)23-26-11-6-5-7-12-26/h5-22,24,34H,3-4,23,25H2,1-2H3. The summed E-state index contributed by atoms with van der Waals surface area (Å²) in [7, 11) is 0. The average Bonchev–Trinajstić information content (AvgIpc) is 3.69. The molecule has 5 nitrogen and oxygen atoms in total. The maximum atomic E-state index is 5.73. The Kier molecular flexibility index (Phi) is 7.45. The molecule has 1 atom stereocenters. The zero-order chi connectivity index (χ0) is 27.3. The number of rotatable bonds is 9. The Labute approximate surface area is 236 Å². The fourth-order valence-corrected chi connectivity index (χ4v) is 5.45. The summed E-state index contributed by atoms with van der Waals surface area (Å²) < 4.78 is 5.73. The molecule has 0 amide bonds. The molecule has 0 radical (unpaired) electrons. The minimum atomic E-state index is 0.0326. The van der Waals surface area contributed by atoms with Crippen LogP contribution < -0.4 is 9.91 Å². The second-order valence-corrected chi connectivity index (χ2v) is 10.1. The summed E-state index contributed by atoms with van der Waals surface area (Å²) in [5.74, 6) is 1.68. The van der Waals surface area contributed by atoms with Crippen LogP contribution in [0.1, 0.15) is 43.2 Å². The highest BCUT2D eigenvalue weighted by molar-refractivity contribution is 6.06. The molecule has 40 heavy (non-hydrogen) atoms. The Morgan fingerprint density at radius 3 is 2.40 bits per heavy atom. The van der Waals surface area contributed by atoms with Crippen molar-refractivity contribution in [3.63, 3.8) is 0 Å². The first-order valence-electron chi connectivity index (χ1n) is 14.1. The van der Waals surface area contributed by atoms with Gasteiger partial charge in [-0.05, 0) is 85.5 Å². The third kappa shape index (κ3) is 5.41. The van der Waals surface area contributed by atoms with Crippen LogP contribution >= 0.6 is 0 Å². The van der Waals surface area contributed by atoms with E-state index in [-0.39, 0.29) is 6.04 Å². The lowest BCUT2D eigenvalue weighted by atomic mass is 9.94. The van der Waals surface area contributed by atoms with Crippen LogP contribution in [-0.2, 0) is 6.42 Å². The van der Waals surface area contributed by atoms with Crippen LogP contribution in [0.2, 0.25) is 0 Å². The lowest BCUT2D eigenvalue weighted by Crippen LogP contribution is -2.22. The molecule has 0 saturated heterocycles. The first-order chi connectivity index (χ1) is 19.7. The molecule has 0 saturated carbocycles. The summed E-state index contributed by atoms with van der Waals surface area (Å²) in [5, 5.41) is 8.49. The minimum absolute atomic E-state index is 0.0326. The molecule has 0 N–H and O–H groups in total. The molecule has 0 bridgehead atoms. The average molecular weight is 527 g/mol. The largest absolute Gasteiger partial charge is 0.465 e. The van der Waals surface area contributed by atoms with E-state index in [1.54, 1.807) is 6.26 Å². The SMILES string of the molecule is CCN(CC)c1ccc(C2CC(C(=Cc3ccco3)Cc3ccccc3)=NN2c2ccc3ccccc3n2)cc1. The number of para-hydroxylation sites is 1. The fraction of sp³-hybridized carbons (Fsp3) is 0.200. The zero-order valence-corrected chi connectivity index (χ0v) is 23.1. The molecule has 6 rings (SSSR count). The Bertz CT molecular complexity index is 1620. The number of benzene rings is 3. The molecular formula is C35H34N4O. The summed E-state index contributed by atoms with van der Waals surface area (Å²) in [6.07, 6.45) is 5.39. The molecule has 0 fully saturated rings. The zero-order valence-electron chi connectivity index (χ0n) is 23.1. The van der Waals surface area contributed by atoms with E-state index >= 15 is 0 Å². The number of hydrazone groups is 1. The summed E-state index contributed by atoms with van der Waals surface area (Å²) in [4.78, 5) is 7.40. The monoisotopic (exact) mass is 526 g/mol. The number of anilines is 2. The molecule has 2 aromatic heterocycles. The van der Waals surface area contributed by atoms with Crippen molar-refractivity contribution in [2.24, 2.45) is 5.10 Å². The van der Waals surface area contributed by atoms with Gasteiger partial charge in [0.25, 0.3) is 0 Å². The first-order valence-corrected chi connectivity index (χ1v) is 14.1. The number of pyridine rings is 1. The van der Waals surface area contributed by atoms with E-state index in [0.717, 1.165) is 59.7 Å². The second-order valence-electron chi connectivity index (χ2n) is 10.1. The van der Waals surface area contributed by atoms with Crippen LogP contribution in [-0.4, -0.2) is 23.8 Å². The van der Waals surface area contributed by atoms with Gasteiger partial charge >= 0.3 is 0 Å². The molecule has 0 aliphatic carbocycles. The van der Waals surface area contributed by atoms with Crippen LogP contribution in [0.5, 0.6) is 0 Å². The molecule has 200 valence electrons. The molecule has 5 heteroatoms. The Morgan fingerprint density at radius 1 is 0.875 bits per heavy atom. The van der Waals surface area contributed by atoms with Gasteiger partial charge in [0.1, 0.15) is 11.6 Å². The Morgan fingerprint density at radius 2 is 1.65 bits per heavy atom. The van der Waals surface area contributed by atoms with E-state index in [1.165, 1.54) is 16.8 Å². The number of hydrogen-bond donors (Lipinski definition) is 0. The highest BCUT2D eigenvalue weighted by atomic mass is 16.3. The van der Waals surface area contributed by atoms with E-state index in [0.29, 0.717) is 0 Å². The molecule has 1 aliphatic heterocycles. The van der Waals surface area contributed by atoms with Gasteiger partial charge in [-0.3, -0.25) is 0 Å². The van der Waals surface area contributed by atoms with Gasteiger partial charge in [0.2, 0.25) is 0 Å². The summed E-state index contributed by atoms with van der Waals surface area (Å²) >= 11 is 0. The topological polar surface area (TPSA) is 44.9 Å². The lowest BCUT2D eigenvalue weighted by Gasteiger charge is -2.25. The number of hydrogen-bond acceptors (Lipinski definition) is 5. The van der Waals surface area contributed by atoms with Crippen molar-refractivity contribution in [1.29, 1.82) is 0 Å². The van der Waals surface area contributed by atoms with Crippen molar-refractivity contribution in [1.82, 2.24) is 4.98 Å². The minimum Gasteiger partial charge on any atom is -0.465 e. The van der Waals surface area contributed by atoms with E-state index in [1.807, 2.05) is 24.3 Å². The van der Waals surface area contributed by atoms with E-state index in [2.05, 4.69) is 109 Å². The molecule has 5 aromatic rings. The van der Waals surface area contributed by atoms with Gasteiger partial charge in [-0.15, -0.1) is 0 Å². The first kappa shape index (κ1) is 25.6. The van der Waals surface area contributed by atoms with Crippen LogP contribution in [0, 0.1) is 0 Å². The molecule has 0 spiro atoms. The summed E-state index contributed by atoms with van der Waals surface area (Å²) in [6, 6.07) is 35.9. The Hall–Kier alpha value is -4.64.